The molecule has 4 aromatic rings. The second-order valence-corrected chi connectivity index (χ2v) is 8.84. The standard InChI is InChI=1S/C28H33N3O2/c1-4-31-26-8-6-5-7-24(26)25-17-21(9-12-27(25)31)19-29-13-15-30(16-14-29)20-22-10-11-23(32-2)18-28(22)33-3/h5-12,17-18H,4,13-16,19-20H2,1-3H3. The summed E-state index contributed by atoms with van der Waals surface area (Å²) in [7, 11) is 3.41. The Labute approximate surface area is 196 Å². The molecule has 3 aromatic carbocycles. The van der Waals surface area contributed by atoms with Crippen LogP contribution in [-0.2, 0) is 19.6 Å². The van der Waals surface area contributed by atoms with Crippen molar-refractivity contribution >= 4 is 21.8 Å². The van der Waals surface area contributed by atoms with Crippen LogP contribution in [0.3, 0.4) is 0 Å². The van der Waals surface area contributed by atoms with Gasteiger partial charge in [-0.25, -0.2) is 0 Å². The highest BCUT2D eigenvalue weighted by molar-refractivity contribution is 6.08. The number of ether oxygens (including phenoxy) is 2. The Morgan fingerprint density at radius 3 is 2.18 bits per heavy atom. The first kappa shape index (κ1) is 21.8. The first-order valence-electron chi connectivity index (χ1n) is 11.9. The van der Waals surface area contributed by atoms with E-state index >= 15 is 0 Å². The molecule has 0 radical (unpaired) electrons. The lowest BCUT2D eigenvalue weighted by atomic mass is 10.1. The number of para-hydroxylation sites is 1. The van der Waals surface area contributed by atoms with Gasteiger partial charge in [0, 0.05) is 79.2 Å². The van der Waals surface area contributed by atoms with Crippen molar-refractivity contribution < 1.29 is 9.47 Å². The van der Waals surface area contributed by atoms with Crippen molar-refractivity contribution in [3.63, 3.8) is 0 Å². The Hall–Kier alpha value is -3.02. The van der Waals surface area contributed by atoms with E-state index in [2.05, 4.69) is 69.8 Å². The Balaban J connectivity index is 1.26. The van der Waals surface area contributed by atoms with Crippen molar-refractivity contribution in [2.75, 3.05) is 40.4 Å². The molecule has 0 unspecified atom stereocenters. The summed E-state index contributed by atoms with van der Waals surface area (Å²) >= 11 is 0. The van der Waals surface area contributed by atoms with Crippen molar-refractivity contribution in [3.8, 4) is 11.5 Å². The first-order valence-corrected chi connectivity index (χ1v) is 11.9. The maximum absolute atomic E-state index is 5.59. The van der Waals surface area contributed by atoms with Gasteiger partial charge in [0.25, 0.3) is 0 Å². The monoisotopic (exact) mass is 443 g/mol. The number of rotatable bonds is 7. The van der Waals surface area contributed by atoms with Gasteiger partial charge in [0.05, 0.1) is 14.2 Å². The molecule has 5 rings (SSSR count). The highest BCUT2D eigenvalue weighted by atomic mass is 16.5. The van der Waals surface area contributed by atoms with E-state index in [1.54, 1.807) is 14.2 Å². The highest BCUT2D eigenvalue weighted by Crippen LogP contribution is 2.30. The van der Waals surface area contributed by atoms with Gasteiger partial charge in [-0.1, -0.05) is 30.3 Å². The number of piperazine rings is 1. The number of fused-ring (bicyclic) bond motifs is 3. The normalized spacial score (nSPS) is 15.4. The van der Waals surface area contributed by atoms with Crippen molar-refractivity contribution in [1.82, 2.24) is 14.4 Å². The Bertz CT molecular complexity index is 1250. The Morgan fingerprint density at radius 2 is 1.45 bits per heavy atom. The van der Waals surface area contributed by atoms with Crippen molar-refractivity contribution in [1.29, 1.82) is 0 Å². The lowest BCUT2D eigenvalue weighted by Gasteiger charge is -2.35. The van der Waals surface area contributed by atoms with Crippen LogP contribution in [0.25, 0.3) is 21.8 Å². The minimum Gasteiger partial charge on any atom is -0.497 e. The summed E-state index contributed by atoms with van der Waals surface area (Å²) < 4.78 is 13.3. The van der Waals surface area contributed by atoms with E-state index in [1.807, 2.05) is 12.1 Å². The summed E-state index contributed by atoms with van der Waals surface area (Å²) in [4.78, 5) is 5.08. The molecule has 0 bridgehead atoms. The second kappa shape index (κ2) is 9.46. The molecule has 2 heterocycles. The summed E-state index contributed by atoms with van der Waals surface area (Å²) in [6.07, 6.45) is 0. The zero-order chi connectivity index (χ0) is 22.8. The van der Waals surface area contributed by atoms with Gasteiger partial charge in [-0.05, 0) is 36.8 Å². The molecule has 1 fully saturated rings. The number of aromatic nitrogens is 1. The van der Waals surface area contributed by atoms with Crippen LogP contribution >= 0.6 is 0 Å². The van der Waals surface area contributed by atoms with E-state index in [0.717, 1.165) is 57.3 Å². The number of aryl methyl sites for hydroxylation is 1. The lowest BCUT2D eigenvalue weighted by Crippen LogP contribution is -2.45. The second-order valence-electron chi connectivity index (χ2n) is 8.84. The molecule has 0 amide bonds. The summed E-state index contributed by atoms with van der Waals surface area (Å²) in [5.41, 5.74) is 5.27. The molecule has 1 aliphatic rings. The van der Waals surface area contributed by atoms with Gasteiger partial charge in [-0.2, -0.15) is 0 Å². The third-order valence-electron chi connectivity index (χ3n) is 6.91. The van der Waals surface area contributed by atoms with Crippen molar-refractivity contribution in [2.24, 2.45) is 0 Å². The predicted molar refractivity (Wildman–Crippen MR) is 135 cm³/mol. The third kappa shape index (κ3) is 4.31. The van der Waals surface area contributed by atoms with E-state index < -0.39 is 0 Å². The Morgan fingerprint density at radius 1 is 0.727 bits per heavy atom. The van der Waals surface area contributed by atoms with Gasteiger partial charge in [0.1, 0.15) is 11.5 Å². The third-order valence-corrected chi connectivity index (χ3v) is 6.91. The predicted octanol–water partition coefficient (Wildman–Crippen LogP) is 5.15. The molecule has 1 saturated heterocycles. The van der Waals surface area contributed by atoms with Gasteiger partial charge in [-0.3, -0.25) is 9.80 Å². The van der Waals surface area contributed by atoms with E-state index in [1.165, 1.54) is 32.9 Å². The fourth-order valence-electron chi connectivity index (χ4n) is 5.13. The highest BCUT2D eigenvalue weighted by Gasteiger charge is 2.19. The average Bonchev–Trinajstić information content (AvgIpc) is 3.18. The molecule has 0 N–H and O–H groups in total. The van der Waals surface area contributed by atoms with E-state index in [9.17, 15) is 0 Å². The van der Waals surface area contributed by atoms with Crippen LogP contribution in [0.4, 0.5) is 0 Å². The minimum atomic E-state index is 0.833. The first-order chi connectivity index (χ1) is 16.2. The zero-order valence-corrected chi connectivity index (χ0v) is 19.9. The summed E-state index contributed by atoms with van der Waals surface area (Å²) in [5, 5.41) is 2.73. The smallest absolute Gasteiger partial charge is 0.127 e. The molecule has 0 spiro atoms. The number of benzene rings is 3. The molecular weight excluding hydrogens is 410 g/mol. The molecular formula is C28H33N3O2. The number of nitrogens with zero attached hydrogens (tertiary/aromatic N) is 3. The van der Waals surface area contributed by atoms with Gasteiger partial charge in [0.2, 0.25) is 0 Å². The van der Waals surface area contributed by atoms with Crippen LogP contribution in [0.1, 0.15) is 18.1 Å². The summed E-state index contributed by atoms with van der Waals surface area (Å²) in [6, 6.07) is 21.9. The Kier molecular flexibility index (Phi) is 6.25. The molecule has 5 nitrogen and oxygen atoms in total. The summed E-state index contributed by atoms with van der Waals surface area (Å²) in [5.74, 6) is 1.73. The quantitative estimate of drug-likeness (QED) is 0.395. The fraction of sp³-hybridized carbons (Fsp3) is 0.357. The molecule has 0 atom stereocenters. The fourth-order valence-corrected chi connectivity index (χ4v) is 5.13. The van der Waals surface area contributed by atoms with Gasteiger partial charge < -0.3 is 14.0 Å². The lowest BCUT2D eigenvalue weighted by molar-refractivity contribution is 0.121. The molecule has 0 aliphatic carbocycles. The number of hydrogen-bond acceptors (Lipinski definition) is 4. The van der Waals surface area contributed by atoms with Crippen molar-refractivity contribution in [3.05, 3.63) is 71.8 Å². The zero-order valence-electron chi connectivity index (χ0n) is 19.9. The molecule has 1 aliphatic heterocycles. The maximum Gasteiger partial charge on any atom is 0.127 e. The molecule has 33 heavy (non-hydrogen) atoms. The topological polar surface area (TPSA) is 29.9 Å². The van der Waals surface area contributed by atoms with E-state index in [0.29, 0.717) is 0 Å². The molecule has 0 saturated carbocycles. The van der Waals surface area contributed by atoms with Crippen LogP contribution in [0.15, 0.2) is 60.7 Å². The summed E-state index contributed by atoms with van der Waals surface area (Å²) in [6.45, 7) is 9.40. The minimum absolute atomic E-state index is 0.833. The molecule has 5 heteroatoms. The van der Waals surface area contributed by atoms with E-state index in [-0.39, 0.29) is 0 Å². The van der Waals surface area contributed by atoms with Crippen molar-refractivity contribution in [2.45, 2.75) is 26.6 Å². The van der Waals surface area contributed by atoms with Crippen LogP contribution in [0.2, 0.25) is 0 Å². The number of methoxy groups -OCH3 is 2. The molecule has 172 valence electrons. The van der Waals surface area contributed by atoms with Crippen LogP contribution in [-0.4, -0.2) is 54.8 Å². The largest absolute Gasteiger partial charge is 0.497 e. The van der Waals surface area contributed by atoms with E-state index in [4.69, 9.17) is 9.47 Å². The SMILES string of the molecule is CCn1c2ccccc2c2cc(CN3CCN(Cc4ccc(OC)cc4OC)CC3)ccc21. The van der Waals surface area contributed by atoms with Gasteiger partial charge >= 0.3 is 0 Å². The van der Waals surface area contributed by atoms with Crippen LogP contribution in [0.5, 0.6) is 11.5 Å². The van der Waals surface area contributed by atoms with Crippen LogP contribution < -0.4 is 9.47 Å². The number of hydrogen-bond donors (Lipinski definition) is 0. The maximum atomic E-state index is 5.59. The molecule has 1 aromatic heterocycles. The van der Waals surface area contributed by atoms with Crippen LogP contribution in [0, 0.1) is 0 Å². The average molecular weight is 444 g/mol. The van der Waals surface area contributed by atoms with Gasteiger partial charge in [0.15, 0.2) is 0 Å². The van der Waals surface area contributed by atoms with Gasteiger partial charge in [-0.15, -0.1) is 0 Å².